The quantitative estimate of drug-likeness (QED) is 0.698. The van der Waals surface area contributed by atoms with Crippen molar-refractivity contribution in [1.82, 2.24) is 4.98 Å². The molecule has 2 aromatic rings. The summed E-state index contributed by atoms with van der Waals surface area (Å²) in [6.07, 6.45) is 3.84. The van der Waals surface area contributed by atoms with Crippen molar-refractivity contribution in [3.8, 4) is 0 Å². The second kappa shape index (κ2) is 6.16. The molecule has 4 nitrogen and oxygen atoms in total. The predicted octanol–water partition coefficient (Wildman–Crippen LogP) is 2.20. The molecule has 0 saturated carbocycles. The fourth-order valence-electron chi connectivity index (χ4n) is 1.55. The number of nitrogens with one attached hydrogen (secondary N) is 2. The Morgan fingerprint density at radius 3 is 2.89 bits per heavy atom. The maximum atomic E-state index is 10.8. The number of rotatable bonds is 6. The first-order chi connectivity index (χ1) is 8.75. The highest BCUT2D eigenvalue weighted by atomic mass is 32.2. The first-order valence-electron chi connectivity index (χ1n) is 5.61. The monoisotopic (exact) mass is 261 g/mol. The summed E-state index contributed by atoms with van der Waals surface area (Å²) in [5.74, 6) is -0.0107. The molecule has 0 bridgehead atoms. The van der Waals surface area contributed by atoms with Gasteiger partial charge in [-0.25, -0.2) is 0 Å². The number of thioether (sulfide) groups is 1. The number of carbonyl (C=O) groups is 1. The van der Waals surface area contributed by atoms with Gasteiger partial charge >= 0.3 is 0 Å². The van der Waals surface area contributed by atoms with E-state index in [4.69, 9.17) is 5.73 Å². The van der Waals surface area contributed by atoms with Crippen LogP contribution in [0, 0.1) is 0 Å². The highest BCUT2D eigenvalue weighted by Gasteiger charge is 2.04. The number of aromatic amines is 1. The van der Waals surface area contributed by atoms with Gasteiger partial charge in [-0.1, -0.05) is 12.1 Å². The van der Waals surface area contributed by atoms with Crippen molar-refractivity contribution >= 4 is 23.4 Å². The molecule has 0 aliphatic rings. The zero-order chi connectivity index (χ0) is 12.8. The molecule has 0 fully saturated rings. The van der Waals surface area contributed by atoms with Gasteiger partial charge in [0.25, 0.3) is 0 Å². The summed E-state index contributed by atoms with van der Waals surface area (Å²) >= 11 is 1.45. The van der Waals surface area contributed by atoms with Gasteiger partial charge in [0.1, 0.15) is 0 Å². The van der Waals surface area contributed by atoms with Crippen molar-refractivity contribution in [3.05, 3.63) is 48.3 Å². The van der Waals surface area contributed by atoms with E-state index in [2.05, 4.69) is 10.3 Å². The van der Waals surface area contributed by atoms with Crippen LogP contribution in [0.2, 0.25) is 0 Å². The molecule has 0 atom stereocenters. The van der Waals surface area contributed by atoms with Gasteiger partial charge in [0.2, 0.25) is 5.91 Å². The van der Waals surface area contributed by atoms with E-state index < -0.39 is 0 Å². The standard InChI is InChI=1S/C13H15N3OS/c14-13(17)9-18-12-4-2-1-3-11(12)16-8-10-5-6-15-7-10/h1-7,15-16H,8-9H2,(H2,14,17). The van der Waals surface area contributed by atoms with Crippen LogP contribution in [0.4, 0.5) is 5.69 Å². The minimum Gasteiger partial charge on any atom is -0.380 e. The molecule has 1 aromatic carbocycles. The van der Waals surface area contributed by atoms with E-state index in [-0.39, 0.29) is 5.91 Å². The highest BCUT2D eigenvalue weighted by molar-refractivity contribution is 8.00. The maximum Gasteiger partial charge on any atom is 0.227 e. The Hall–Kier alpha value is -1.88. The van der Waals surface area contributed by atoms with E-state index in [1.165, 1.54) is 17.3 Å². The number of nitrogens with two attached hydrogens (primary N) is 1. The maximum absolute atomic E-state index is 10.8. The average Bonchev–Trinajstić information content (AvgIpc) is 2.88. The number of amides is 1. The number of benzene rings is 1. The SMILES string of the molecule is NC(=O)CSc1ccccc1NCc1cc[nH]c1. The molecule has 94 valence electrons. The lowest BCUT2D eigenvalue weighted by atomic mass is 10.3. The fraction of sp³-hybridized carbons (Fsp3) is 0.154. The zero-order valence-electron chi connectivity index (χ0n) is 9.85. The fourth-order valence-corrected chi connectivity index (χ4v) is 2.32. The number of primary amides is 1. The Kier molecular flexibility index (Phi) is 4.30. The predicted molar refractivity (Wildman–Crippen MR) is 74.5 cm³/mol. The van der Waals surface area contributed by atoms with Gasteiger partial charge in [0.05, 0.1) is 5.75 Å². The van der Waals surface area contributed by atoms with E-state index in [0.717, 1.165) is 17.1 Å². The minimum absolute atomic E-state index is 0.294. The second-order valence-corrected chi connectivity index (χ2v) is 4.84. The molecule has 18 heavy (non-hydrogen) atoms. The Balaban J connectivity index is 2.00. The van der Waals surface area contributed by atoms with Crippen LogP contribution in [0.1, 0.15) is 5.56 Å². The van der Waals surface area contributed by atoms with Crippen LogP contribution in [0.5, 0.6) is 0 Å². The number of hydrogen-bond donors (Lipinski definition) is 3. The first kappa shape index (κ1) is 12.6. The van der Waals surface area contributed by atoms with E-state index in [9.17, 15) is 4.79 Å². The molecule has 1 aromatic heterocycles. The largest absolute Gasteiger partial charge is 0.380 e. The summed E-state index contributed by atoms with van der Waals surface area (Å²) in [5.41, 5.74) is 7.36. The Morgan fingerprint density at radius 2 is 2.17 bits per heavy atom. The molecule has 0 unspecified atom stereocenters. The molecule has 0 spiro atoms. The van der Waals surface area contributed by atoms with Crippen LogP contribution in [-0.4, -0.2) is 16.6 Å². The number of para-hydroxylation sites is 1. The summed E-state index contributed by atoms with van der Waals surface area (Å²) in [6, 6.07) is 9.91. The van der Waals surface area contributed by atoms with E-state index in [0.29, 0.717) is 5.75 Å². The Bertz CT molecular complexity index is 511. The molecule has 0 aliphatic heterocycles. The minimum atomic E-state index is -0.305. The summed E-state index contributed by atoms with van der Waals surface area (Å²) in [5, 5.41) is 3.35. The van der Waals surface area contributed by atoms with Crippen LogP contribution in [0.15, 0.2) is 47.6 Å². The number of carbonyl (C=O) groups excluding carboxylic acids is 1. The lowest BCUT2D eigenvalue weighted by molar-refractivity contribution is -0.115. The smallest absolute Gasteiger partial charge is 0.227 e. The number of anilines is 1. The molecule has 4 N–H and O–H groups in total. The Morgan fingerprint density at radius 1 is 1.33 bits per heavy atom. The third kappa shape index (κ3) is 3.56. The van der Waals surface area contributed by atoms with Crippen molar-refractivity contribution in [2.24, 2.45) is 5.73 Å². The molecule has 2 rings (SSSR count). The topological polar surface area (TPSA) is 70.9 Å². The normalized spacial score (nSPS) is 10.2. The van der Waals surface area contributed by atoms with Gasteiger partial charge in [-0.3, -0.25) is 4.79 Å². The van der Waals surface area contributed by atoms with Crippen LogP contribution >= 0.6 is 11.8 Å². The number of hydrogen-bond acceptors (Lipinski definition) is 3. The summed E-state index contributed by atoms with van der Waals surface area (Å²) in [6.45, 7) is 0.748. The summed E-state index contributed by atoms with van der Waals surface area (Å²) in [4.78, 5) is 14.9. The second-order valence-electron chi connectivity index (χ2n) is 3.82. The van der Waals surface area contributed by atoms with Gasteiger partial charge < -0.3 is 16.0 Å². The first-order valence-corrected chi connectivity index (χ1v) is 6.60. The highest BCUT2D eigenvalue weighted by Crippen LogP contribution is 2.26. The van der Waals surface area contributed by atoms with Gasteiger partial charge in [-0.05, 0) is 23.8 Å². The van der Waals surface area contributed by atoms with Gasteiger partial charge in [-0.2, -0.15) is 0 Å². The van der Waals surface area contributed by atoms with E-state index in [1.807, 2.05) is 42.7 Å². The van der Waals surface area contributed by atoms with Crippen molar-refractivity contribution in [2.45, 2.75) is 11.4 Å². The number of H-pyrrole nitrogens is 1. The molecule has 5 heteroatoms. The molecular weight excluding hydrogens is 246 g/mol. The third-order valence-electron chi connectivity index (χ3n) is 2.40. The van der Waals surface area contributed by atoms with Gasteiger partial charge in [-0.15, -0.1) is 11.8 Å². The third-order valence-corrected chi connectivity index (χ3v) is 3.50. The molecule has 0 saturated heterocycles. The molecule has 0 radical (unpaired) electrons. The van der Waals surface area contributed by atoms with Crippen molar-refractivity contribution < 1.29 is 4.79 Å². The van der Waals surface area contributed by atoms with Gasteiger partial charge in [0, 0.05) is 29.5 Å². The lowest BCUT2D eigenvalue weighted by Crippen LogP contribution is -2.13. The van der Waals surface area contributed by atoms with E-state index in [1.54, 1.807) is 0 Å². The van der Waals surface area contributed by atoms with Crippen LogP contribution in [0.25, 0.3) is 0 Å². The Labute approximate surface area is 110 Å². The number of aromatic nitrogens is 1. The lowest BCUT2D eigenvalue weighted by Gasteiger charge is -2.10. The van der Waals surface area contributed by atoms with E-state index >= 15 is 0 Å². The van der Waals surface area contributed by atoms with Crippen molar-refractivity contribution in [2.75, 3.05) is 11.1 Å². The van der Waals surface area contributed by atoms with Crippen molar-refractivity contribution in [3.63, 3.8) is 0 Å². The molecular formula is C13H15N3OS. The van der Waals surface area contributed by atoms with Crippen LogP contribution in [0.3, 0.4) is 0 Å². The van der Waals surface area contributed by atoms with Crippen LogP contribution in [-0.2, 0) is 11.3 Å². The average molecular weight is 261 g/mol. The molecule has 1 amide bonds. The van der Waals surface area contributed by atoms with Crippen LogP contribution < -0.4 is 11.1 Å². The van der Waals surface area contributed by atoms with Crippen molar-refractivity contribution in [1.29, 1.82) is 0 Å². The van der Waals surface area contributed by atoms with Gasteiger partial charge in [0.15, 0.2) is 0 Å². The molecule has 0 aliphatic carbocycles. The summed E-state index contributed by atoms with van der Waals surface area (Å²) < 4.78 is 0. The molecule has 1 heterocycles. The zero-order valence-corrected chi connectivity index (χ0v) is 10.7. The summed E-state index contributed by atoms with van der Waals surface area (Å²) in [7, 11) is 0.